The van der Waals surface area contributed by atoms with Crippen LogP contribution in [0.4, 0.5) is 4.39 Å². The first-order valence-electron chi connectivity index (χ1n) is 5.69. The molecule has 0 aliphatic heterocycles. The first-order valence-corrected chi connectivity index (χ1v) is 6.48. The Kier molecular flexibility index (Phi) is 4.43. The average Bonchev–Trinajstić information content (AvgIpc) is 2.46. The van der Waals surface area contributed by atoms with Gasteiger partial charge in [-0.2, -0.15) is 5.26 Å². The Balaban J connectivity index is 2.24. The first-order chi connectivity index (χ1) is 9.63. The van der Waals surface area contributed by atoms with Crippen molar-refractivity contribution >= 4 is 21.8 Å². The lowest BCUT2D eigenvalue weighted by Gasteiger charge is -2.12. The summed E-state index contributed by atoms with van der Waals surface area (Å²) in [6.07, 6.45) is 1.46. The number of aromatic nitrogens is 1. The summed E-state index contributed by atoms with van der Waals surface area (Å²) in [4.78, 5) is 16.0. The number of hydrogen-bond donors (Lipinski definition) is 1. The van der Waals surface area contributed by atoms with Crippen LogP contribution in [0.25, 0.3) is 0 Å². The van der Waals surface area contributed by atoms with Crippen molar-refractivity contribution in [1.29, 1.82) is 5.26 Å². The van der Waals surface area contributed by atoms with E-state index in [0.29, 0.717) is 4.47 Å². The molecular formula is C14H9BrFN3O. The van der Waals surface area contributed by atoms with E-state index in [0.717, 1.165) is 0 Å². The number of hydrogen-bond acceptors (Lipinski definition) is 3. The van der Waals surface area contributed by atoms with E-state index in [2.05, 4.69) is 26.2 Å². The van der Waals surface area contributed by atoms with Gasteiger partial charge in [0.15, 0.2) is 0 Å². The number of carbonyl (C=O) groups is 1. The summed E-state index contributed by atoms with van der Waals surface area (Å²) in [5.41, 5.74) is 0.263. The number of nitriles is 1. The smallest absolute Gasteiger partial charge is 0.272 e. The van der Waals surface area contributed by atoms with Crippen LogP contribution in [-0.4, -0.2) is 10.9 Å². The molecule has 2 rings (SSSR count). The number of pyridine rings is 1. The molecule has 0 saturated heterocycles. The minimum absolute atomic E-state index is 0.121. The van der Waals surface area contributed by atoms with Crippen LogP contribution in [0, 0.1) is 17.1 Å². The number of nitrogens with one attached hydrogen (secondary N) is 1. The molecule has 0 unspecified atom stereocenters. The van der Waals surface area contributed by atoms with Gasteiger partial charge >= 0.3 is 0 Å². The van der Waals surface area contributed by atoms with Crippen LogP contribution in [0.5, 0.6) is 0 Å². The summed E-state index contributed by atoms with van der Waals surface area (Å²) in [6.45, 7) is 0. The van der Waals surface area contributed by atoms with Crippen LogP contribution in [0.2, 0.25) is 0 Å². The molecule has 0 aliphatic carbocycles. The number of amides is 1. The van der Waals surface area contributed by atoms with E-state index in [-0.39, 0.29) is 11.3 Å². The standard InChI is InChI=1S/C14H9BrFN3O/c15-10-5-3-7-18-13(10)14(20)19-12(8-17)9-4-1-2-6-11(9)16/h1-7,12H,(H,19,20)/t12-/m1/s1. The Morgan fingerprint density at radius 1 is 1.35 bits per heavy atom. The molecule has 0 bridgehead atoms. The predicted octanol–water partition coefficient (Wildman–Crippen LogP) is 2.98. The van der Waals surface area contributed by atoms with Gasteiger partial charge in [0.1, 0.15) is 17.6 Å². The molecule has 100 valence electrons. The van der Waals surface area contributed by atoms with E-state index in [1.54, 1.807) is 18.2 Å². The molecule has 1 amide bonds. The number of carbonyl (C=O) groups excluding carboxylic acids is 1. The number of halogens is 2. The predicted molar refractivity (Wildman–Crippen MR) is 74.2 cm³/mol. The Labute approximate surface area is 123 Å². The lowest BCUT2D eigenvalue weighted by Crippen LogP contribution is -2.29. The largest absolute Gasteiger partial charge is 0.331 e. The number of rotatable bonds is 3. The van der Waals surface area contributed by atoms with Crippen LogP contribution in [-0.2, 0) is 0 Å². The van der Waals surface area contributed by atoms with Crippen molar-refractivity contribution in [2.75, 3.05) is 0 Å². The Morgan fingerprint density at radius 3 is 2.75 bits per heavy atom. The van der Waals surface area contributed by atoms with Gasteiger partial charge < -0.3 is 5.32 Å². The minimum Gasteiger partial charge on any atom is -0.331 e. The Hall–Kier alpha value is -2.26. The van der Waals surface area contributed by atoms with Gasteiger partial charge in [0.25, 0.3) is 5.91 Å². The van der Waals surface area contributed by atoms with Gasteiger partial charge in [-0.05, 0) is 34.1 Å². The molecule has 1 atom stereocenters. The molecule has 0 saturated carbocycles. The highest BCUT2D eigenvalue weighted by Crippen LogP contribution is 2.18. The molecule has 1 heterocycles. The third kappa shape index (κ3) is 3.00. The van der Waals surface area contributed by atoms with E-state index < -0.39 is 17.8 Å². The number of benzene rings is 1. The Morgan fingerprint density at radius 2 is 2.10 bits per heavy atom. The van der Waals surface area contributed by atoms with Gasteiger partial charge in [0.05, 0.1) is 6.07 Å². The lowest BCUT2D eigenvalue weighted by atomic mass is 10.1. The summed E-state index contributed by atoms with van der Waals surface area (Å²) in [5.74, 6) is -1.09. The van der Waals surface area contributed by atoms with Crippen LogP contribution >= 0.6 is 15.9 Å². The van der Waals surface area contributed by atoms with Gasteiger partial charge in [0, 0.05) is 16.2 Å². The van der Waals surface area contributed by atoms with Crippen molar-refractivity contribution in [1.82, 2.24) is 10.3 Å². The van der Waals surface area contributed by atoms with E-state index in [4.69, 9.17) is 5.26 Å². The summed E-state index contributed by atoms with van der Waals surface area (Å²) >= 11 is 3.20. The highest BCUT2D eigenvalue weighted by Gasteiger charge is 2.20. The molecule has 4 nitrogen and oxygen atoms in total. The number of nitrogens with zero attached hydrogens (tertiary/aromatic N) is 2. The molecular weight excluding hydrogens is 325 g/mol. The molecule has 6 heteroatoms. The van der Waals surface area contributed by atoms with Crippen molar-refractivity contribution in [3.63, 3.8) is 0 Å². The summed E-state index contributed by atoms with van der Waals surface area (Å²) in [7, 11) is 0. The molecule has 1 N–H and O–H groups in total. The van der Waals surface area contributed by atoms with E-state index in [1.807, 2.05) is 6.07 Å². The average molecular weight is 334 g/mol. The minimum atomic E-state index is -1.07. The highest BCUT2D eigenvalue weighted by atomic mass is 79.9. The second kappa shape index (κ2) is 6.26. The second-order valence-electron chi connectivity index (χ2n) is 3.89. The first kappa shape index (κ1) is 14.2. The summed E-state index contributed by atoms with van der Waals surface area (Å²) < 4.78 is 14.1. The monoisotopic (exact) mass is 333 g/mol. The third-order valence-corrected chi connectivity index (χ3v) is 3.23. The topological polar surface area (TPSA) is 65.8 Å². The van der Waals surface area contributed by atoms with Crippen molar-refractivity contribution in [2.45, 2.75) is 6.04 Å². The zero-order valence-electron chi connectivity index (χ0n) is 10.2. The van der Waals surface area contributed by atoms with Gasteiger partial charge in [0.2, 0.25) is 0 Å². The van der Waals surface area contributed by atoms with Crippen molar-refractivity contribution < 1.29 is 9.18 Å². The quantitative estimate of drug-likeness (QED) is 0.938. The zero-order valence-corrected chi connectivity index (χ0v) is 11.8. The van der Waals surface area contributed by atoms with Crippen molar-refractivity contribution in [2.24, 2.45) is 0 Å². The van der Waals surface area contributed by atoms with E-state index in [9.17, 15) is 9.18 Å². The summed E-state index contributed by atoms with van der Waals surface area (Å²) in [6, 6.07) is 9.93. The molecule has 1 aromatic heterocycles. The van der Waals surface area contributed by atoms with Gasteiger partial charge in [-0.25, -0.2) is 9.37 Å². The van der Waals surface area contributed by atoms with Gasteiger partial charge in [-0.1, -0.05) is 18.2 Å². The summed E-state index contributed by atoms with van der Waals surface area (Å²) in [5, 5.41) is 11.6. The van der Waals surface area contributed by atoms with Crippen molar-refractivity contribution in [3.05, 3.63) is 64.1 Å². The fraction of sp³-hybridized carbons (Fsp3) is 0.0714. The molecule has 1 aromatic carbocycles. The maximum Gasteiger partial charge on any atom is 0.272 e. The van der Waals surface area contributed by atoms with Gasteiger partial charge in [-0.15, -0.1) is 0 Å². The molecule has 0 radical (unpaired) electrons. The molecule has 0 spiro atoms. The third-order valence-electron chi connectivity index (χ3n) is 2.59. The van der Waals surface area contributed by atoms with Crippen LogP contribution in [0.15, 0.2) is 47.1 Å². The fourth-order valence-corrected chi connectivity index (χ4v) is 2.08. The fourth-order valence-electron chi connectivity index (χ4n) is 1.64. The van der Waals surface area contributed by atoms with E-state index >= 15 is 0 Å². The molecule has 20 heavy (non-hydrogen) atoms. The van der Waals surface area contributed by atoms with Crippen molar-refractivity contribution in [3.8, 4) is 6.07 Å². The zero-order chi connectivity index (χ0) is 14.5. The second-order valence-corrected chi connectivity index (χ2v) is 4.75. The van der Waals surface area contributed by atoms with Crippen LogP contribution in [0.3, 0.4) is 0 Å². The lowest BCUT2D eigenvalue weighted by molar-refractivity contribution is 0.0939. The maximum absolute atomic E-state index is 13.6. The maximum atomic E-state index is 13.6. The highest BCUT2D eigenvalue weighted by molar-refractivity contribution is 9.10. The SMILES string of the molecule is N#C[C@@H](NC(=O)c1ncccc1Br)c1ccccc1F. The molecule has 2 aromatic rings. The van der Waals surface area contributed by atoms with Crippen LogP contribution in [0.1, 0.15) is 22.1 Å². The normalized spacial score (nSPS) is 11.4. The van der Waals surface area contributed by atoms with Gasteiger partial charge in [-0.3, -0.25) is 4.79 Å². The Bertz CT molecular complexity index is 684. The molecule has 0 fully saturated rings. The van der Waals surface area contributed by atoms with E-state index in [1.165, 1.54) is 24.4 Å². The molecule has 0 aliphatic rings. The van der Waals surface area contributed by atoms with Crippen LogP contribution < -0.4 is 5.32 Å².